The summed E-state index contributed by atoms with van der Waals surface area (Å²) < 4.78 is 1.91. The van der Waals surface area contributed by atoms with E-state index in [2.05, 4.69) is 20.7 Å². The lowest BCUT2D eigenvalue weighted by Crippen LogP contribution is -2.20. The molecule has 0 aliphatic rings. The molecule has 3 aromatic rings. The summed E-state index contributed by atoms with van der Waals surface area (Å²) in [5.74, 6) is 0.450. The van der Waals surface area contributed by atoms with E-state index >= 15 is 0 Å². The van der Waals surface area contributed by atoms with Crippen LogP contribution in [0.15, 0.2) is 58.8 Å². The van der Waals surface area contributed by atoms with Crippen molar-refractivity contribution in [2.24, 2.45) is 5.10 Å². The number of rotatable bonds is 8. The Morgan fingerprint density at radius 3 is 2.77 bits per heavy atom. The summed E-state index contributed by atoms with van der Waals surface area (Å²) >= 11 is 7.17. The SMILES string of the molecule is CCn1c(SCC(=O)N/N=C\c2cccc([N+](=O)[O-])c2)nnc1-c1ccc(Cl)cc1. The van der Waals surface area contributed by atoms with Crippen LogP contribution in [-0.4, -0.2) is 37.6 Å². The minimum atomic E-state index is -0.491. The fraction of sp³-hybridized carbons (Fsp3) is 0.158. The summed E-state index contributed by atoms with van der Waals surface area (Å²) in [4.78, 5) is 22.4. The molecule has 1 amide bonds. The van der Waals surface area contributed by atoms with Crippen LogP contribution >= 0.6 is 23.4 Å². The first-order valence-electron chi connectivity index (χ1n) is 8.86. The minimum Gasteiger partial charge on any atom is -0.302 e. The van der Waals surface area contributed by atoms with E-state index in [4.69, 9.17) is 11.6 Å². The van der Waals surface area contributed by atoms with Crippen molar-refractivity contribution in [3.63, 3.8) is 0 Å². The summed E-state index contributed by atoms with van der Waals surface area (Å²) in [6.45, 7) is 2.61. The maximum atomic E-state index is 12.1. The number of benzene rings is 2. The Balaban J connectivity index is 1.59. The Labute approximate surface area is 181 Å². The third kappa shape index (κ3) is 5.43. The third-order valence-corrected chi connectivity index (χ3v) is 5.17. The Morgan fingerprint density at radius 1 is 1.30 bits per heavy atom. The molecular formula is C19H17ClN6O3S. The Bertz CT molecular complexity index is 1080. The molecule has 30 heavy (non-hydrogen) atoms. The summed E-state index contributed by atoms with van der Waals surface area (Å²) in [5, 5.41) is 24.3. The van der Waals surface area contributed by atoms with Gasteiger partial charge >= 0.3 is 0 Å². The number of nitrogens with one attached hydrogen (secondary N) is 1. The van der Waals surface area contributed by atoms with Gasteiger partial charge in [0, 0.05) is 34.8 Å². The number of thioether (sulfide) groups is 1. The van der Waals surface area contributed by atoms with Gasteiger partial charge in [-0.3, -0.25) is 14.9 Å². The lowest BCUT2D eigenvalue weighted by Gasteiger charge is -2.07. The van der Waals surface area contributed by atoms with Crippen LogP contribution in [0, 0.1) is 10.1 Å². The molecule has 1 aromatic heterocycles. The molecule has 0 unspecified atom stereocenters. The van der Waals surface area contributed by atoms with E-state index in [1.54, 1.807) is 24.3 Å². The van der Waals surface area contributed by atoms with Crippen molar-refractivity contribution < 1.29 is 9.72 Å². The number of hydrazone groups is 1. The Hall–Kier alpha value is -3.24. The van der Waals surface area contributed by atoms with E-state index in [0.717, 1.165) is 5.56 Å². The van der Waals surface area contributed by atoms with Gasteiger partial charge in [0.2, 0.25) is 0 Å². The van der Waals surface area contributed by atoms with E-state index in [1.165, 1.54) is 30.1 Å². The van der Waals surface area contributed by atoms with Gasteiger partial charge in [-0.15, -0.1) is 10.2 Å². The fourth-order valence-electron chi connectivity index (χ4n) is 2.55. The molecule has 11 heteroatoms. The zero-order valence-electron chi connectivity index (χ0n) is 15.9. The molecule has 1 heterocycles. The number of nitrogens with zero attached hydrogens (tertiary/aromatic N) is 5. The second-order valence-corrected chi connectivity index (χ2v) is 7.37. The molecule has 0 fully saturated rings. The van der Waals surface area contributed by atoms with Gasteiger partial charge in [-0.25, -0.2) is 5.43 Å². The molecule has 9 nitrogen and oxygen atoms in total. The first-order chi connectivity index (χ1) is 14.5. The highest BCUT2D eigenvalue weighted by Crippen LogP contribution is 2.25. The number of nitro groups is 1. The third-order valence-electron chi connectivity index (χ3n) is 3.95. The summed E-state index contributed by atoms with van der Waals surface area (Å²) in [5.41, 5.74) is 3.75. The van der Waals surface area contributed by atoms with Gasteiger partial charge < -0.3 is 4.57 Å². The molecule has 0 radical (unpaired) electrons. The number of halogens is 1. The molecule has 2 aromatic carbocycles. The second kappa shape index (κ2) is 9.99. The predicted molar refractivity (Wildman–Crippen MR) is 116 cm³/mol. The number of amides is 1. The Morgan fingerprint density at radius 2 is 2.07 bits per heavy atom. The standard InChI is InChI=1S/C19H17ClN6O3S/c1-2-25-18(14-6-8-15(20)9-7-14)23-24-19(25)30-12-17(27)22-21-11-13-4-3-5-16(10-13)26(28)29/h3-11H,2,12H2,1H3,(H,22,27)/b21-11-. The van der Waals surface area contributed by atoms with Crippen LogP contribution in [0.1, 0.15) is 12.5 Å². The number of carbonyl (C=O) groups is 1. The first kappa shape index (κ1) is 21.5. The number of non-ortho nitro benzene ring substituents is 1. The van der Waals surface area contributed by atoms with Gasteiger partial charge in [-0.1, -0.05) is 35.5 Å². The molecule has 0 aliphatic heterocycles. The fourth-order valence-corrected chi connectivity index (χ4v) is 3.47. The summed E-state index contributed by atoms with van der Waals surface area (Å²) in [6.07, 6.45) is 1.35. The van der Waals surface area contributed by atoms with Crippen molar-refractivity contribution >= 4 is 41.2 Å². The van der Waals surface area contributed by atoms with Gasteiger partial charge in [0.1, 0.15) is 0 Å². The largest absolute Gasteiger partial charge is 0.302 e. The molecule has 1 N–H and O–H groups in total. The molecule has 154 valence electrons. The molecular weight excluding hydrogens is 428 g/mol. The first-order valence-corrected chi connectivity index (χ1v) is 10.2. The van der Waals surface area contributed by atoms with Gasteiger partial charge in [0.05, 0.1) is 16.9 Å². The van der Waals surface area contributed by atoms with Gasteiger partial charge in [0.25, 0.3) is 11.6 Å². The normalized spacial score (nSPS) is 11.0. The molecule has 0 saturated carbocycles. The van der Waals surface area contributed by atoms with Crippen LogP contribution in [0.25, 0.3) is 11.4 Å². The van der Waals surface area contributed by atoms with Crippen LogP contribution in [0.3, 0.4) is 0 Å². The molecule has 0 bridgehead atoms. The highest BCUT2D eigenvalue weighted by Gasteiger charge is 2.14. The van der Waals surface area contributed by atoms with Crippen molar-refractivity contribution in [3.8, 4) is 11.4 Å². The molecule has 0 atom stereocenters. The van der Waals surface area contributed by atoms with Gasteiger partial charge in [-0.05, 0) is 31.2 Å². The quantitative estimate of drug-likeness (QED) is 0.245. The van der Waals surface area contributed by atoms with E-state index < -0.39 is 4.92 Å². The maximum absolute atomic E-state index is 12.1. The van der Waals surface area contributed by atoms with Gasteiger partial charge in [0.15, 0.2) is 11.0 Å². The average Bonchev–Trinajstić information content (AvgIpc) is 3.16. The zero-order chi connectivity index (χ0) is 21.5. The number of hydrogen-bond acceptors (Lipinski definition) is 7. The smallest absolute Gasteiger partial charge is 0.270 e. The lowest BCUT2D eigenvalue weighted by molar-refractivity contribution is -0.384. The zero-order valence-corrected chi connectivity index (χ0v) is 17.4. The van der Waals surface area contributed by atoms with E-state index in [1.807, 2.05) is 23.6 Å². The summed E-state index contributed by atoms with van der Waals surface area (Å²) in [7, 11) is 0. The van der Waals surface area contributed by atoms with Crippen molar-refractivity contribution in [1.29, 1.82) is 0 Å². The van der Waals surface area contributed by atoms with Crippen molar-refractivity contribution in [2.45, 2.75) is 18.6 Å². The number of carbonyl (C=O) groups excluding carboxylic acids is 1. The van der Waals surface area contributed by atoms with E-state index in [-0.39, 0.29) is 17.3 Å². The van der Waals surface area contributed by atoms with Crippen LogP contribution in [-0.2, 0) is 11.3 Å². The molecule has 0 aliphatic carbocycles. The lowest BCUT2D eigenvalue weighted by atomic mass is 10.2. The number of aromatic nitrogens is 3. The molecule has 3 rings (SSSR count). The monoisotopic (exact) mass is 444 g/mol. The Kier molecular flexibility index (Phi) is 7.15. The van der Waals surface area contributed by atoms with Crippen LogP contribution < -0.4 is 5.43 Å². The van der Waals surface area contributed by atoms with Crippen molar-refractivity contribution in [2.75, 3.05) is 5.75 Å². The van der Waals surface area contributed by atoms with Crippen LogP contribution in [0.2, 0.25) is 5.02 Å². The van der Waals surface area contributed by atoms with Crippen molar-refractivity contribution in [3.05, 3.63) is 69.2 Å². The topological polar surface area (TPSA) is 115 Å². The van der Waals surface area contributed by atoms with Gasteiger partial charge in [-0.2, -0.15) is 5.10 Å². The van der Waals surface area contributed by atoms with E-state index in [0.29, 0.717) is 28.1 Å². The van der Waals surface area contributed by atoms with Crippen molar-refractivity contribution in [1.82, 2.24) is 20.2 Å². The average molecular weight is 445 g/mol. The molecule has 0 saturated heterocycles. The van der Waals surface area contributed by atoms with Crippen LogP contribution in [0.5, 0.6) is 0 Å². The number of hydrogen-bond donors (Lipinski definition) is 1. The number of nitro benzene ring substituents is 1. The highest BCUT2D eigenvalue weighted by atomic mass is 35.5. The second-order valence-electron chi connectivity index (χ2n) is 5.99. The maximum Gasteiger partial charge on any atom is 0.270 e. The van der Waals surface area contributed by atoms with Crippen LogP contribution in [0.4, 0.5) is 5.69 Å². The minimum absolute atomic E-state index is 0.0452. The molecule has 0 spiro atoms. The highest BCUT2D eigenvalue weighted by molar-refractivity contribution is 7.99. The predicted octanol–water partition coefficient (Wildman–Crippen LogP) is 3.77. The van der Waals surface area contributed by atoms with E-state index in [9.17, 15) is 14.9 Å². The summed E-state index contributed by atoms with van der Waals surface area (Å²) in [6, 6.07) is 13.2.